The molecule has 1 fully saturated rings. The molecule has 6 nitrogen and oxygen atoms in total. The first-order chi connectivity index (χ1) is 11.3. The summed E-state index contributed by atoms with van der Waals surface area (Å²) in [5, 5.41) is 3.35. The molecule has 0 spiro atoms. The summed E-state index contributed by atoms with van der Waals surface area (Å²) in [4.78, 5) is 17.1. The van der Waals surface area contributed by atoms with Gasteiger partial charge >= 0.3 is 0 Å². The molecule has 0 saturated carbocycles. The Morgan fingerprint density at radius 3 is 2.88 bits per heavy atom. The summed E-state index contributed by atoms with van der Waals surface area (Å²) >= 11 is 6.05. The van der Waals surface area contributed by atoms with Gasteiger partial charge in [0.25, 0.3) is 0 Å². The van der Waals surface area contributed by atoms with Gasteiger partial charge in [0, 0.05) is 29.4 Å². The first kappa shape index (κ1) is 17.4. The van der Waals surface area contributed by atoms with Crippen molar-refractivity contribution in [2.45, 2.75) is 18.9 Å². The number of ether oxygens (including phenoxy) is 1. The lowest BCUT2D eigenvalue weighted by atomic mass is 9.94. The number of carbonyl (C=O) groups is 1. The number of halogens is 1. The predicted octanol–water partition coefficient (Wildman–Crippen LogP) is 1.92. The molecule has 1 aromatic carbocycles. The number of amides is 1. The molecule has 2 atom stereocenters. The van der Waals surface area contributed by atoms with E-state index in [0.29, 0.717) is 23.9 Å². The maximum Gasteiger partial charge on any atom is 0.249 e. The monoisotopic (exact) mass is 370 g/mol. The first-order valence-corrected chi connectivity index (χ1v) is 10.2. The molecule has 24 heavy (non-hydrogen) atoms. The lowest BCUT2D eigenvalue weighted by Gasteiger charge is -2.14. The van der Waals surface area contributed by atoms with Crippen LogP contribution in [0, 0.1) is 5.92 Å². The highest BCUT2D eigenvalue weighted by atomic mass is 35.5. The number of benzene rings is 1. The van der Waals surface area contributed by atoms with Crippen LogP contribution in [0.4, 0.5) is 5.69 Å². The maximum absolute atomic E-state index is 12.5. The van der Waals surface area contributed by atoms with Crippen LogP contribution in [0.25, 0.3) is 0 Å². The van der Waals surface area contributed by atoms with Gasteiger partial charge in [-0.2, -0.15) is 0 Å². The van der Waals surface area contributed by atoms with E-state index < -0.39 is 15.9 Å². The molecule has 0 aromatic heterocycles. The second-order valence-corrected chi connectivity index (χ2v) is 8.88. The highest BCUT2D eigenvalue weighted by molar-refractivity contribution is 7.90. The lowest BCUT2D eigenvalue weighted by Crippen LogP contribution is -2.28. The molecule has 0 bridgehead atoms. The summed E-state index contributed by atoms with van der Waals surface area (Å²) in [5.74, 6) is -0.297. The van der Waals surface area contributed by atoms with E-state index in [1.165, 1.54) is 0 Å². The van der Waals surface area contributed by atoms with Crippen LogP contribution < -0.4 is 5.32 Å². The third-order valence-corrected chi connectivity index (χ3v) is 5.40. The van der Waals surface area contributed by atoms with Crippen molar-refractivity contribution in [3.63, 3.8) is 0 Å². The largest absolute Gasteiger partial charge is 0.381 e. The normalized spacial score (nSPS) is 24.1. The summed E-state index contributed by atoms with van der Waals surface area (Å²) in [6.07, 6.45) is 2.14. The maximum atomic E-state index is 12.5. The van der Waals surface area contributed by atoms with Gasteiger partial charge in [-0.3, -0.25) is 9.79 Å². The number of anilines is 1. The molecule has 0 radical (unpaired) electrons. The summed E-state index contributed by atoms with van der Waals surface area (Å²) < 4.78 is 28.4. The molecule has 1 N–H and O–H groups in total. The molecule has 130 valence electrons. The van der Waals surface area contributed by atoms with Crippen molar-refractivity contribution < 1.29 is 17.9 Å². The topological polar surface area (TPSA) is 84.8 Å². The molecule has 1 aromatic rings. The molecule has 1 saturated heterocycles. The van der Waals surface area contributed by atoms with E-state index in [0.717, 1.165) is 24.0 Å². The van der Waals surface area contributed by atoms with Gasteiger partial charge in [-0.15, -0.1) is 0 Å². The van der Waals surface area contributed by atoms with Crippen LogP contribution in [0.1, 0.15) is 18.4 Å². The molecular formula is C16H19ClN2O4S. The van der Waals surface area contributed by atoms with Crippen molar-refractivity contribution in [1.82, 2.24) is 0 Å². The van der Waals surface area contributed by atoms with Crippen LogP contribution in [-0.4, -0.2) is 51.3 Å². The van der Waals surface area contributed by atoms with E-state index in [9.17, 15) is 13.2 Å². The van der Waals surface area contributed by atoms with E-state index in [4.69, 9.17) is 16.3 Å². The van der Waals surface area contributed by atoms with Crippen molar-refractivity contribution in [3.05, 3.63) is 28.8 Å². The zero-order chi connectivity index (χ0) is 17.3. The van der Waals surface area contributed by atoms with E-state index >= 15 is 0 Å². The molecule has 1 amide bonds. The Hall–Kier alpha value is -1.44. The van der Waals surface area contributed by atoms with Crippen LogP contribution in [0.5, 0.6) is 0 Å². The Morgan fingerprint density at radius 2 is 2.21 bits per heavy atom. The zero-order valence-electron chi connectivity index (χ0n) is 13.3. The van der Waals surface area contributed by atoms with Crippen LogP contribution in [-0.2, 0) is 19.4 Å². The fraction of sp³-hybridized carbons (Fsp3) is 0.500. The highest BCUT2D eigenvalue weighted by Crippen LogP contribution is 2.30. The summed E-state index contributed by atoms with van der Waals surface area (Å²) in [7, 11) is -3.16. The fourth-order valence-electron chi connectivity index (χ4n) is 2.95. The molecule has 1 unspecified atom stereocenters. The average molecular weight is 371 g/mol. The minimum absolute atomic E-state index is 0.0832. The Labute approximate surface area is 146 Å². The smallest absolute Gasteiger partial charge is 0.249 e. The van der Waals surface area contributed by atoms with Gasteiger partial charge in [-0.05, 0) is 31.0 Å². The molecular weight excluding hydrogens is 352 g/mol. The van der Waals surface area contributed by atoms with Crippen molar-refractivity contribution in [2.24, 2.45) is 10.9 Å². The molecule has 0 aliphatic carbocycles. The zero-order valence-corrected chi connectivity index (χ0v) is 14.9. The minimum atomic E-state index is -3.16. The predicted molar refractivity (Wildman–Crippen MR) is 93.7 cm³/mol. The van der Waals surface area contributed by atoms with Gasteiger partial charge in [0.2, 0.25) is 5.91 Å². The van der Waals surface area contributed by atoms with Crippen LogP contribution >= 0.6 is 11.6 Å². The van der Waals surface area contributed by atoms with Crippen molar-refractivity contribution in [2.75, 3.05) is 30.5 Å². The third-order valence-electron chi connectivity index (χ3n) is 4.19. The number of fused-ring (bicyclic) bond motifs is 1. The molecule has 2 aliphatic rings. The van der Waals surface area contributed by atoms with E-state index in [-0.39, 0.29) is 24.0 Å². The fourth-order valence-corrected chi connectivity index (χ4v) is 3.78. The summed E-state index contributed by atoms with van der Waals surface area (Å²) in [6, 6.07) is 4.56. The van der Waals surface area contributed by atoms with Gasteiger partial charge < -0.3 is 10.1 Å². The number of carbonyl (C=O) groups excluding carboxylic acids is 1. The number of hydrogen-bond donors (Lipinski definition) is 1. The van der Waals surface area contributed by atoms with Gasteiger partial charge in [-0.1, -0.05) is 11.6 Å². The molecule has 3 rings (SSSR count). The van der Waals surface area contributed by atoms with Crippen LogP contribution in [0.15, 0.2) is 23.2 Å². The average Bonchev–Trinajstić information content (AvgIpc) is 2.97. The number of sulfone groups is 1. The van der Waals surface area contributed by atoms with Crippen LogP contribution in [0.2, 0.25) is 5.02 Å². The standard InChI is InChI=1S/C16H19ClN2O4S/c1-24(21,22)7-5-13-16(20)19-14-8-11(17)2-3-12(14)15(18-13)10-4-6-23-9-10/h2-3,8,10,13H,4-7,9H2,1H3,(H,19,20)/t10?,13-/m0/s1. The second kappa shape index (κ2) is 6.82. The minimum Gasteiger partial charge on any atom is -0.381 e. The van der Waals surface area contributed by atoms with Crippen LogP contribution in [0.3, 0.4) is 0 Å². The number of nitrogens with zero attached hydrogens (tertiary/aromatic N) is 1. The van der Waals surface area contributed by atoms with E-state index in [2.05, 4.69) is 10.3 Å². The summed E-state index contributed by atoms with van der Waals surface area (Å²) in [5.41, 5.74) is 2.22. The second-order valence-electron chi connectivity index (χ2n) is 6.19. The summed E-state index contributed by atoms with van der Waals surface area (Å²) in [6.45, 7) is 1.20. The van der Waals surface area contributed by atoms with Gasteiger partial charge in [-0.25, -0.2) is 8.42 Å². The van der Waals surface area contributed by atoms with Gasteiger partial charge in [0.1, 0.15) is 15.9 Å². The number of benzodiazepines with no additional fused rings is 1. The van der Waals surface area contributed by atoms with E-state index in [1.807, 2.05) is 6.07 Å². The number of nitrogens with one attached hydrogen (secondary N) is 1. The first-order valence-electron chi connectivity index (χ1n) is 7.77. The third kappa shape index (κ3) is 3.96. The van der Waals surface area contributed by atoms with Gasteiger partial charge in [0.05, 0.1) is 23.8 Å². The number of hydrogen-bond acceptors (Lipinski definition) is 5. The SMILES string of the molecule is CS(=O)(=O)CC[C@@H]1N=C(C2CCOC2)c2ccc(Cl)cc2NC1=O. The Morgan fingerprint density at radius 1 is 1.42 bits per heavy atom. The molecule has 2 heterocycles. The van der Waals surface area contributed by atoms with Crippen molar-refractivity contribution >= 4 is 38.7 Å². The highest BCUT2D eigenvalue weighted by Gasteiger charge is 2.31. The lowest BCUT2D eigenvalue weighted by molar-refractivity contribution is -0.117. The quantitative estimate of drug-likeness (QED) is 0.877. The molecule has 8 heteroatoms. The Balaban J connectivity index is 1.99. The molecule has 2 aliphatic heterocycles. The number of rotatable bonds is 4. The Kier molecular flexibility index (Phi) is 4.94. The Bertz CT molecular complexity index is 785. The van der Waals surface area contributed by atoms with E-state index in [1.54, 1.807) is 12.1 Å². The van der Waals surface area contributed by atoms with Gasteiger partial charge in [0.15, 0.2) is 0 Å². The number of aliphatic imine (C=N–C) groups is 1. The van der Waals surface area contributed by atoms with Crippen molar-refractivity contribution in [1.29, 1.82) is 0 Å². The van der Waals surface area contributed by atoms with Crippen molar-refractivity contribution in [3.8, 4) is 0 Å².